The highest BCUT2D eigenvalue weighted by Gasteiger charge is 2.63. The third-order valence-corrected chi connectivity index (χ3v) is 13.0. The zero-order valence-corrected chi connectivity index (χ0v) is 16.7. The van der Waals surface area contributed by atoms with Crippen molar-refractivity contribution in [1.82, 2.24) is 0 Å². The molecule has 2 unspecified atom stereocenters. The molecule has 3 aliphatic rings. The van der Waals surface area contributed by atoms with Crippen LogP contribution in [0.3, 0.4) is 0 Å². The predicted octanol–water partition coefficient (Wildman–Crippen LogP) is 5.66. The van der Waals surface area contributed by atoms with Crippen molar-refractivity contribution in [2.24, 2.45) is 5.92 Å². The number of fused-ring (bicyclic) bond motifs is 5. The Morgan fingerprint density at radius 1 is 1.13 bits per heavy atom. The lowest BCUT2D eigenvalue weighted by Gasteiger charge is -2.27. The Morgan fingerprint density at radius 2 is 1.91 bits per heavy atom. The van der Waals surface area contributed by atoms with Gasteiger partial charge in [0, 0.05) is 15.4 Å². The van der Waals surface area contributed by atoms with Gasteiger partial charge in [0.05, 0.1) is 24.5 Å². The molecular formula is C16H12OS6. The summed E-state index contributed by atoms with van der Waals surface area (Å²) in [7, 11) is -0.820. The molecule has 0 saturated carbocycles. The fourth-order valence-electron chi connectivity index (χ4n) is 3.26. The molecule has 0 spiro atoms. The molecule has 3 aliphatic heterocycles. The lowest BCUT2D eigenvalue weighted by molar-refractivity contribution is 0.637. The van der Waals surface area contributed by atoms with Crippen molar-refractivity contribution in [3.05, 3.63) is 57.5 Å². The molecule has 118 valence electrons. The van der Waals surface area contributed by atoms with E-state index < -0.39 is 10.8 Å². The van der Waals surface area contributed by atoms with Crippen molar-refractivity contribution in [1.29, 1.82) is 0 Å². The van der Waals surface area contributed by atoms with Gasteiger partial charge < -0.3 is 0 Å². The Labute approximate surface area is 158 Å². The smallest absolute Gasteiger partial charge is 0.122 e. The highest BCUT2D eigenvalue weighted by molar-refractivity contribution is 8.24. The number of hydrogen-bond donors (Lipinski definition) is 0. The van der Waals surface area contributed by atoms with Crippen molar-refractivity contribution in [2.45, 2.75) is 23.0 Å². The summed E-state index contributed by atoms with van der Waals surface area (Å²) in [5.41, 5.74) is 0. The van der Waals surface area contributed by atoms with E-state index in [1.54, 1.807) is 22.7 Å². The van der Waals surface area contributed by atoms with Gasteiger partial charge >= 0.3 is 0 Å². The second-order valence-electron chi connectivity index (χ2n) is 5.50. The van der Waals surface area contributed by atoms with E-state index in [0.717, 1.165) is 0 Å². The normalized spacial score (nSPS) is 37.3. The van der Waals surface area contributed by atoms with Crippen LogP contribution in [0.25, 0.3) is 0 Å². The maximum absolute atomic E-state index is 13.0. The lowest BCUT2D eigenvalue weighted by atomic mass is 9.94. The van der Waals surface area contributed by atoms with E-state index in [2.05, 4.69) is 53.3 Å². The van der Waals surface area contributed by atoms with Crippen LogP contribution in [0, 0.1) is 5.92 Å². The summed E-state index contributed by atoms with van der Waals surface area (Å²) in [6.07, 6.45) is 6.83. The molecule has 1 saturated heterocycles. The van der Waals surface area contributed by atoms with E-state index in [9.17, 15) is 4.21 Å². The molecule has 2 bridgehead atoms. The van der Waals surface area contributed by atoms with Gasteiger partial charge in [0.2, 0.25) is 0 Å². The van der Waals surface area contributed by atoms with Crippen molar-refractivity contribution >= 4 is 68.8 Å². The van der Waals surface area contributed by atoms with E-state index in [1.165, 1.54) is 12.7 Å². The molecule has 7 heteroatoms. The summed E-state index contributed by atoms with van der Waals surface area (Å²) in [6.45, 7) is 0. The van der Waals surface area contributed by atoms with Gasteiger partial charge in [-0.1, -0.05) is 53.9 Å². The molecular weight excluding hydrogens is 401 g/mol. The molecule has 5 atom stereocenters. The fourth-order valence-corrected chi connectivity index (χ4v) is 12.7. The van der Waals surface area contributed by atoms with Crippen LogP contribution in [0.1, 0.15) is 0 Å². The zero-order chi connectivity index (χ0) is 15.4. The number of allylic oxidation sites excluding steroid dienone is 1. The molecule has 0 radical (unpaired) electrons. The quantitative estimate of drug-likeness (QED) is 0.602. The largest absolute Gasteiger partial charge is 0.257 e. The Hall–Kier alpha value is 0.0800. The second kappa shape index (κ2) is 5.81. The molecule has 1 fully saturated rings. The van der Waals surface area contributed by atoms with Gasteiger partial charge in [-0.2, -0.15) is 0 Å². The van der Waals surface area contributed by atoms with E-state index in [4.69, 9.17) is 0 Å². The molecule has 0 N–H and O–H groups in total. The minimum absolute atomic E-state index is 0.204. The molecule has 5 heterocycles. The summed E-state index contributed by atoms with van der Waals surface area (Å²) in [6, 6.07) is 8.49. The molecule has 1 nitrogen and oxygen atoms in total. The van der Waals surface area contributed by atoms with Crippen molar-refractivity contribution in [2.75, 3.05) is 0 Å². The van der Waals surface area contributed by atoms with Gasteiger partial charge in [-0.3, -0.25) is 4.21 Å². The first kappa shape index (κ1) is 15.3. The standard InChI is InChI=1S/C16H12OS6/c17-23-11-5-6-16(23,22-13-4-2-8-19-13)10-9-14(21-15(10)11)20-12-3-1-7-18-12/h1-11,15H/t10-,11?,15+,16-,23?/m0/s1. The lowest BCUT2D eigenvalue weighted by Crippen LogP contribution is -2.31. The Bertz CT molecular complexity index is 806. The first-order chi connectivity index (χ1) is 11.3. The van der Waals surface area contributed by atoms with Crippen LogP contribution in [0.2, 0.25) is 0 Å². The maximum Gasteiger partial charge on any atom is 0.122 e. The average molecular weight is 413 g/mol. The molecule has 2 aromatic rings. The van der Waals surface area contributed by atoms with Gasteiger partial charge in [-0.05, 0) is 22.9 Å². The van der Waals surface area contributed by atoms with E-state index >= 15 is 0 Å². The number of rotatable bonds is 4. The number of thiophene rings is 2. The van der Waals surface area contributed by atoms with Crippen LogP contribution in [-0.2, 0) is 10.8 Å². The van der Waals surface area contributed by atoms with E-state index in [0.29, 0.717) is 11.2 Å². The molecule has 5 rings (SSSR count). The topological polar surface area (TPSA) is 17.1 Å². The van der Waals surface area contributed by atoms with Crippen LogP contribution < -0.4 is 0 Å². The Balaban J connectivity index is 1.47. The third kappa shape index (κ3) is 2.39. The second-order valence-corrected chi connectivity index (χ2v) is 13.9. The highest BCUT2D eigenvalue weighted by Crippen LogP contribution is 2.64. The highest BCUT2D eigenvalue weighted by atomic mass is 32.2. The predicted molar refractivity (Wildman–Crippen MR) is 107 cm³/mol. The minimum atomic E-state index is -0.820. The Kier molecular flexibility index (Phi) is 3.88. The third-order valence-electron chi connectivity index (χ3n) is 4.24. The number of hydrogen-bond acceptors (Lipinski definition) is 6. The molecule has 0 aromatic carbocycles. The monoisotopic (exact) mass is 412 g/mol. The van der Waals surface area contributed by atoms with Crippen LogP contribution >= 0.6 is 58.0 Å². The van der Waals surface area contributed by atoms with Gasteiger partial charge in [0.1, 0.15) is 4.08 Å². The van der Waals surface area contributed by atoms with E-state index in [1.807, 2.05) is 35.3 Å². The van der Waals surface area contributed by atoms with Gasteiger partial charge in [-0.15, -0.1) is 34.4 Å². The summed E-state index contributed by atoms with van der Waals surface area (Å²) in [5, 5.41) is 4.87. The molecule has 23 heavy (non-hydrogen) atoms. The van der Waals surface area contributed by atoms with Gasteiger partial charge in [0.25, 0.3) is 0 Å². The summed E-state index contributed by atoms with van der Waals surface area (Å²) in [5.74, 6) is 0.373. The summed E-state index contributed by atoms with van der Waals surface area (Å²) in [4.78, 5) is 0. The summed E-state index contributed by atoms with van der Waals surface area (Å²) >= 11 is 9.14. The van der Waals surface area contributed by atoms with Crippen molar-refractivity contribution in [3.63, 3.8) is 0 Å². The van der Waals surface area contributed by atoms with Crippen LogP contribution in [0.4, 0.5) is 0 Å². The first-order valence-electron chi connectivity index (χ1n) is 7.19. The molecule has 0 amide bonds. The average Bonchev–Trinajstić information content (AvgIpc) is 3.31. The van der Waals surface area contributed by atoms with Crippen molar-refractivity contribution in [3.8, 4) is 0 Å². The van der Waals surface area contributed by atoms with E-state index in [-0.39, 0.29) is 9.33 Å². The van der Waals surface area contributed by atoms with Crippen LogP contribution in [0.5, 0.6) is 0 Å². The van der Waals surface area contributed by atoms with Gasteiger partial charge in [0.15, 0.2) is 0 Å². The zero-order valence-electron chi connectivity index (χ0n) is 11.8. The van der Waals surface area contributed by atoms with Crippen molar-refractivity contribution < 1.29 is 4.21 Å². The maximum atomic E-state index is 13.0. The van der Waals surface area contributed by atoms with Gasteiger partial charge in [-0.25, -0.2) is 0 Å². The van der Waals surface area contributed by atoms with Crippen LogP contribution in [-0.4, -0.2) is 18.8 Å². The minimum Gasteiger partial charge on any atom is -0.257 e. The molecule has 0 aliphatic carbocycles. The first-order valence-corrected chi connectivity index (χ1v) is 12.7. The van der Waals surface area contributed by atoms with Crippen LogP contribution in [0.15, 0.2) is 65.9 Å². The SMILES string of the molecule is O=S1C2C=C[C@@]1(Sc1cccs1)[C@H]1C=C(Sc3cccs3)S[C@@H]21. The molecule has 2 aromatic heterocycles. The Morgan fingerprint density at radius 3 is 2.65 bits per heavy atom. The fraction of sp³-hybridized carbons (Fsp3) is 0.250. The number of thioether (sulfide) groups is 3. The summed E-state index contributed by atoms with van der Waals surface area (Å²) < 4.78 is 16.8.